The molecule has 17 heavy (non-hydrogen) atoms. The van der Waals surface area contributed by atoms with E-state index in [0.29, 0.717) is 0 Å². The van der Waals surface area contributed by atoms with E-state index in [2.05, 4.69) is 25.2 Å². The molecule has 1 aliphatic heterocycles. The number of aromatic nitrogens is 3. The molecule has 5 nitrogen and oxygen atoms in total. The molecule has 0 unspecified atom stereocenters. The van der Waals surface area contributed by atoms with Crippen molar-refractivity contribution in [2.24, 2.45) is 0 Å². The van der Waals surface area contributed by atoms with Crippen LogP contribution in [0.25, 0.3) is 11.0 Å². The van der Waals surface area contributed by atoms with Crippen molar-refractivity contribution in [2.45, 2.75) is 0 Å². The van der Waals surface area contributed by atoms with Gasteiger partial charge in [0, 0.05) is 44.0 Å². The number of piperazine rings is 1. The Hall–Kier alpha value is -1.04. The van der Waals surface area contributed by atoms with Gasteiger partial charge in [0.15, 0.2) is 0 Å². The maximum Gasteiger partial charge on any atom is 0.227 e. The lowest BCUT2D eigenvalue weighted by Crippen LogP contribution is -2.44. The molecule has 0 spiro atoms. The van der Waals surface area contributed by atoms with E-state index in [1.54, 1.807) is 0 Å². The minimum atomic E-state index is 0. The number of H-pyrrole nitrogens is 1. The van der Waals surface area contributed by atoms with Gasteiger partial charge in [-0.2, -0.15) is 4.98 Å². The number of nitrogens with one attached hydrogen (secondary N) is 2. The predicted molar refractivity (Wildman–Crippen MR) is 73.5 cm³/mol. The molecule has 0 bridgehead atoms. The molecule has 1 aliphatic rings. The molecule has 7 heteroatoms. The van der Waals surface area contributed by atoms with Gasteiger partial charge < -0.3 is 15.2 Å². The van der Waals surface area contributed by atoms with Crippen molar-refractivity contribution in [3.8, 4) is 0 Å². The molecule has 0 aliphatic carbocycles. The molecule has 2 aromatic rings. The predicted octanol–water partition coefficient (Wildman–Crippen LogP) is 1.21. The first-order valence-electron chi connectivity index (χ1n) is 5.19. The van der Waals surface area contributed by atoms with Crippen LogP contribution in [0.15, 0.2) is 18.5 Å². The van der Waals surface area contributed by atoms with Gasteiger partial charge in [0.05, 0.1) is 0 Å². The molecule has 0 saturated carbocycles. The Labute approximate surface area is 112 Å². The lowest BCUT2D eigenvalue weighted by atomic mass is 10.4. The van der Waals surface area contributed by atoms with E-state index in [0.717, 1.165) is 43.2 Å². The zero-order valence-corrected chi connectivity index (χ0v) is 10.9. The zero-order chi connectivity index (χ0) is 10.1. The Morgan fingerprint density at radius 1 is 1.18 bits per heavy atom. The number of halogens is 2. The monoisotopic (exact) mass is 275 g/mol. The molecule has 2 N–H and O–H groups in total. The summed E-state index contributed by atoms with van der Waals surface area (Å²) in [6.07, 6.45) is 3.76. The number of nitrogens with zero attached hydrogens (tertiary/aromatic N) is 3. The molecule has 3 heterocycles. The van der Waals surface area contributed by atoms with Gasteiger partial charge >= 0.3 is 0 Å². The van der Waals surface area contributed by atoms with E-state index < -0.39 is 0 Å². The SMILES string of the molecule is Cl.Cl.c1cc2cnc(N3CCNCC3)nc2[nH]1. The maximum absolute atomic E-state index is 4.49. The summed E-state index contributed by atoms with van der Waals surface area (Å²) in [5, 5.41) is 4.38. The molecular formula is C10H15Cl2N5. The lowest BCUT2D eigenvalue weighted by Gasteiger charge is -2.27. The van der Waals surface area contributed by atoms with Crippen LogP contribution in [0.1, 0.15) is 0 Å². The van der Waals surface area contributed by atoms with Gasteiger partial charge in [0.1, 0.15) is 5.65 Å². The summed E-state index contributed by atoms with van der Waals surface area (Å²) in [6.45, 7) is 3.97. The van der Waals surface area contributed by atoms with Crippen LogP contribution in [0, 0.1) is 0 Å². The summed E-state index contributed by atoms with van der Waals surface area (Å²) < 4.78 is 0. The topological polar surface area (TPSA) is 56.8 Å². The third kappa shape index (κ3) is 2.80. The second-order valence-electron chi connectivity index (χ2n) is 3.69. The molecular weight excluding hydrogens is 261 g/mol. The van der Waals surface area contributed by atoms with E-state index in [1.807, 2.05) is 18.5 Å². The summed E-state index contributed by atoms with van der Waals surface area (Å²) in [5.74, 6) is 0.825. The van der Waals surface area contributed by atoms with Crippen LogP contribution in [0.5, 0.6) is 0 Å². The number of rotatable bonds is 1. The summed E-state index contributed by atoms with van der Waals surface area (Å²) in [7, 11) is 0. The van der Waals surface area contributed by atoms with Crippen molar-refractivity contribution in [2.75, 3.05) is 31.1 Å². The van der Waals surface area contributed by atoms with Gasteiger partial charge in [-0.15, -0.1) is 24.8 Å². The fourth-order valence-electron chi connectivity index (χ4n) is 1.85. The van der Waals surface area contributed by atoms with Crippen LogP contribution in [0.4, 0.5) is 5.95 Å². The van der Waals surface area contributed by atoms with E-state index in [4.69, 9.17) is 0 Å². The number of aromatic amines is 1. The van der Waals surface area contributed by atoms with Crippen LogP contribution in [0.2, 0.25) is 0 Å². The maximum atomic E-state index is 4.49. The van der Waals surface area contributed by atoms with Gasteiger partial charge in [-0.1, -0.05) is 0 Å². The average Bonchev–Trinajstić information content (AvgIpc) is 2.77. The highest BCUT2D eigenvalue weighted by Gasteiger charge is 2.13. The normalized spacial score (nSPS) is 15.2. The molecule has 2 aromatic heterocycles. The van der Waals surface area contributed by atoms with Gasteiger partial charge in [0.2, 0.25) is 5.95 Å². The Balaban J connectivity index is 0.000000722. The lowest BCUT2D eigenvalue weighted by molar-refractivity contribution is 0.580. The Morgan fingerprint density at radius 3 is 2.71 bits per heavy atom. The number of anilines is 1. The average molecular weight is 276 g/mol. The summed E-state index contributed by atoms with van der Waals surface area (Å²) in [6, 6.07) is 1.98. The standard InChI is InChI=1S/C10H13N5.2ClH/c1-2-12-9-8(1)7-13-10(14-9)15-5-3-11-4-6-15;;/h1-2,7,11H,3-6H2,(H,12,13,14);2*1H. The van der Waals surface area contributed by atoms with E-state index in [9.17, 15) is 0 Å². The highest BCUT2D eigenvalue weighted by molar-refractivity contribution is 5.85. The van der Waals surface area contributed by atoms with Gasteiger partial charge in [-0.25, -0.2) is 4.98 Å². The summed E-state index contributed by atoms with van der Waals surface area (Å²) >= 11 is 0. The first-order chi connectivity index (χ1) is 7.43. The smallest absolute Gasteiger partial charge is 0.227 e. The van der Waals surface area contributed by atoms with Crippen LogP contribution >= 0.6 is 24.8 Å². The van der Waals surface area contributed by atoms with Crippen LogP contribution in [-0.2, 0) is 0 Å². The molecule has 0 radical (unpaired) electrons. The van der Waals surface area contributed by atoms with Gasteiger partial charge in [-0.05, 0) is 6.07 Å². The molecule has 1 fully saturated rings. The van der Waals surface area contributed by atoms with Crippen LogP contribution < -0.4 is 10.2 Å². The number of hydrogen-bond donors (Lipinski definition) is 2. The molecule has 3 rings (SSSR count). The summed E-state index contributed by atoms with van der Waals surface area (Å²) in [5.41, 5.74) is 0.915. The van der Waals surface area contributed by atoms with Crippen LogP contribution in [-0.4, -0.2) is 41.1 Å². The largest absolute Gasteiger partial charge is 0.346 e. The fraction of sp³-hybridized carbons (Fsp3) is 0.400. The highest BCUT2D eigenvalue weighted by atomic mass is 35.5. The first-order valence-corrected chi connectivity index (χ1v) is 5.19. The quantitative estimate of drug-likeness (QED) is 0.822. The molecule has 0 aromatic carbocycles. The molecule has 0 atom stereocenters. The molecule has 1 saturated heterocycles. The van der Waals surface area contributed by atoms with E-state index >= 15 is 0 Å². The second-order valence-corrected chi connectivity index (χ2v) is 3.69. The third-order valence-electron chi connectivity index (χ3n) is 2.69. The van der Waals surface area contributed by atoms with E-state index in [-0.39, 0.29) is 24.8 Å². The van der Waals surface area contributed by atoms with Crippen molar-refractivity contribution >= 4 is 41.8 Å². The van der Waals surface area contributed by atoms with Crippen molar-refractivity contribution in [1.29, 1.82) is 0 Å². The van der Waals surface area contributed by atoms with Gasteiger partial charge in [0.25, 0.3) is 0 Å². The zero-order valence-electron chi connectivity index (χ0n) is 9.22. The van der Waals surface area contributed by atoms with Crippen molar-refractivity contribution < 1.29 is 0 Å². The Bertz CT molecular complexity index is 466. The number of hydrogen-bond acceptors (Lipinski definition) is 4. The molecule has 94 valence electrons. The van der Waals surface area contributed by atoms with Crippen molar-refractivity contribution in [1.82, 2.24) is 20.3 Å². The van der Waals surface area contributed by atoms with Gasteiger partial charge in [-0.3, -0.25) is 0 Å². The minimum absolute atomic E-state index is 0. The second kappa shape index (κ2) is 6.05. The third-order valence-corrected chi connectivity index (χ3v) is 2.69. The number of fused-ring (bicyclic) bond motifs is 1. The van der Waals surface area contributed by atoms with Crippen molar-refractivity contribution in [3.63, 3.8) is 0 Å². The fourth-order valence-corrected chi connectivity index (χ4v) is 1.85. The minimum Gasteiger partial charge on any atom is -0.346 e. The Morgan fingerprint density at radius 2 is 1.94 bits per heavy atom. The first kappa shape index (κ1) is 14.0. The highest BCUT2D eigenvalue weighted by Crippen LogP contribution is 2.13. The summed E-state index contributed by atoms with van der Waals surface area (Å²) in [4.78, 5) is 14.2. The van der Waals surface area contributed by atoms with E-state index in [1.165, 1.54) is 0 Å². The van der Waals surface area contributed by atoms with Crippen LogP contribution in [0.3, 0.4) is 0 Å². The van der Waals surface area contributed by atoms with Crippen molar-refractivity contribution in [3.05, 3.63) is 18.5 Å². The Kier molecular flexibility index (Phi) is 4.99. The molecule has 0 amide bonds.